The highest BCUT2D eigenvalue weighted by Gasteiger charge is 2.21. The third-order valence-electron chi connectivity index (χ3n) is 4.70. The van der Waals surface area contributed by atoms with Crippen LogP contribution in [-0.4, -0.2) is 61.5 Å². The number of nitrogens with zero attached hydrogens (tertiary/aromatic N) is 3. The normalized spacial score (nSPS) is 21.0. The fourth-order valence-corrected chi connectivity index (χ4v) is 3.51. The molecule has 1 aromatic rings. The van der Waals surface area contributed by atoms with E-state index in [0.29, 0.717) is 18.8 Å². The van der Waals surface area contributed by atoms with Gasteiger partial charge in [-0.15, -0.1) is 24.0 Å². The molecule has 1 aromatic heterocycles. The van der Waals surface area contributed by atoms with Crippen molar-refractivity contribution in [3.8, 4) is 0 Å². The predicted molar refractivity (Wildman–Crippen MR) is 120 cm³/mol. The molecule has 2 heterocycles. The van der Waals surface area contributed by atoms with Crippen LogP contribution in [0, 0.1) is 0 Å². The number of halogens is 1. The first-order chi connectivity index (χ1) is 12.6. The summed E-state index contributed by atoms with van der Waals surface area (Å²) in [7, 11) is 1.80. The number of nitrogens with one attached hydrogen (secondary N) is 2. The van der Waals surface area contributed by atoms with E-state index in [1.165, 1.54) is 0 Å². The lowest BCUT2D eigenvalue weighted by Crippen LogP contribution is -2.46. The summed E-state index contributed by atoms with van der Waals surface area (Å²) in [5.74, 6) is 1.78. The number of ether oxygens (including phenoxy) is 1. The van der Waals surface area contributed by atoms with Crippen molar-refractivity contribution in [2.24, 2.45) is 4.99 Å². The largest absolute Gasteiger partial charge is 0.373 e. The molecule has 0 bridgehead atoms. The second kappa shape index (κ2) is 12.6. The maximum absolute atomic E-state index is 5.78. The lowest BCUT2D eigenvalue weighted by Gasteiger charge is -2.35. The second-order valence-electron chi connectivity index (χ2n) is 6.96. The smallest absolute Gasteiger partial charge is 0.191 e. The van der Waals surface area contributed by atoms with Crippen LogP contribution < -0.4 is 10.6 Å². The highest BCUT2D eigenvalue weighted by molar-refractivity contribution is 14.0. The molecule has 1 aliphatic rings. The van der Waals surface area contributed by atoms with Gasteiger partial charge in [0.25, 0.3) is 0 Å². The number of aliphatic imine (C=N–C) groups is 1. The number of guanidine groups is 1. The van der Waals surface area contributed by atoms with Gasteiger partial charge in [0.15, 0.2) is 5.96 Å². The lowest BCUT2D eigenvalue weighted by atomic mass is 10.1. The molecular formula is C19H36IN5O2. The summed E-state index contributed by atoms with van der Waals surface area (Å²) < 4.78 is 11.2. The summed E-state index contributed by atoms with van der Waals surface area (Å²) in [5, 5.41) is 10.9. The fraction of sp³-hybridized carbons (Fsp3) is 0.789. The molecule has 0 aromatic carbocycles. The van der Waals surface area contributed by atoms with Gasteiger partial charge in [0.1, 0.15) is 5.76 Å². The van der Waals surface area contributed by atoms with E-state index in [-0.39, 0.29) is 24.0 Å². The molecular weight excluding hydrogens is 457 g/mol. The van der Waals surface area contributed by atoms with Gasteiger partial charge in [-0.25, -0.2) is 0 Å². The van der Waals surface area contributed by atoms with Gasteiger partial charge in [-0.1, -0.05) is 19.0 Å². The number of aromatic nitrogens is 1. The Hall–Kier alpha value is -0.870. The van der Waals surface area contributed by atoms with E-state index in [1.54, 1.807) is 7.05 Å². The molecule has 1 fully saturated rings. The van der Waals surface area contributed by atoms with Crippen molar-refractivity contribution < 1.29 is 9.26 Å². The summed E-state index contributed by atoms with van der Waals surface area (Å²) in [6.45, 7) is 13.2. The van der Waals surface area contributed by atoms with E-state index < -0.39 is 0 Å². The van der Waals surface area contributed by atoms with Crippen molar-refractivity contribution in [2.45, 2.75) is 65.7 Å². The van der Waals surface area contributed by atoms with E-state index in [9.17, 15) is 0 Å². The maximum atomic E-state index is 5.78. The summed E-state index contributed by atoms with van der Waals surface area (Å²) in [5.41, 5.74) is 2.19. The van der Waals surface area contributed by atoms with Crippen molar-refractivity contribution in [2.75, 3.05) is 33.2 Å². The number of hydrogen-bond donors (Lipinski definition) is 2. The van der Waals surface area contributed by atoms with Gasteiger partial charge in [-0.05, 0) is 26.7 Å². The molecule has 0 radical (unpaired) electrons. The van der Waals surface area contributed by atoms with Gasteiger partial charge in [0, 0.05) is 51.8 Å². The van der Waals surface area contributed by atoms with Gasteiger partial charge in [-0.2, -0.15) is 0 Å². The second-order valence-corrected chi connectivity index (χ2v) is 6.96. The number of rotatable bonds is 8. The zero-order valence-electron chi connectivity index (χ0n) is 17.4. The highest BCUT2D eigenvalue weighted by Crippen LogP contribution is 2.15. The van der Waals surface area contributed by atoms with E-state index in [1.807, 2.05) is 0 Å². The van der Waals surface area contributed by atoms with Crippen molar-refractivity contribution in [3.05, 3.63) is 17.0 Å². The molecule has 0 aliphatic carbocycles. The number of morpholine rings is 1. The quantitative estimate of drug-likeness (QED) is 0.251. The third-order valence-corrected chi connectivity index (χ3v) is 4.70. The minimum Gasteiger partial charge on any atom is -0.373 e. The van der Waals surface area contributed by atoms with Gasteiger partial charge in [0.2, 0.25) is 0 Å². The standard InChI is InChI=1S/C19H35N5O2.HI/c1-6-17-16(18(7-2)26-23-17)11-22-19(20-5)21-9-8-10-24-12-14(3)25-15(4)13-24;/h14-15H,6-13H2,1-5H3,(H2,20,21,22);1H. The molecule has 0 spiro atoms. The fourth-order valence-electron chi connectivity index (χ4n) is 3.51. The minimum absolute atomic E-state index is 0. The summed E-state index contributed by atoms with van der Waals surface area (Å²) >= 11 is 0. The Bertz CT molecular complexity index is 547. The molecule has 2 atom stereocenters. The zero-order chi connectivity index (χ0) is 18.9. The molecule has 7 nitrogen and oxygen atoms in total. The Kier molecular flexibility index (Phi) is 11.2. The average Bonchev–Trinajstić information content (AvgIpc) is 3.02. The van der Waals surface area contributed by atoms with Gasteiger partial charge < -0.3 is 19.9 Å². The van der Waals surface area contributed by atoms with Crippen LogP contribution in [0.2, 0.25) is 0 Å². The van der Waals surface area contributed by atoms with Crippen LogP contribution in [0.25, 0.3) is 0 Å². The first-order valence-electron chi connectivity index (χ1n) is 9.85. The molecule has 1 aliphatic heterocycles. The lowest BCUT2D eigenvalue weighted by molar-refractivity contribution is -0.0679. The summed E-state index contributed by atoms with van der Waals surface area (Å²) in [4.78, 5) is 6.80. The van der Waals surface area contributed by atoms with Gasteiger partial charge >= 0.3 is 0 Å². The average molecular weight is 493 g/mol. The molecule has 27 heavy (non-hydrogen) atoms. The maximum Gasteiger partial charge on any atom is 0.191 e. The molecule has 1 saturated heterocycles. The van der Waals surface area contributed by atoms with Crippen LogP contribution >= 0.6 is 24.0 Å². The summed E-state index contributed by atoms with van der Waals surface area (Å²) in [6.07, 6.45) is 3.46. The van der Waals surface area contributed by atoms with Crippen LogP contribution in [0.15, 0.2) is 9.52 Å². The van der Waals surface area contributed by atoms with Crippen LogP contribution in [-0.2, 0) is 24.1 Å². The molecule has 0 amide bonds. The predicted octanol–water partition coefficient (Wildman–Crippen LogP) is 2.58. The van der Waals surface area contributed by atoms with E-state index in [2.05, 4.69) is 53.4 Å². The van der Waals surface area contributed by atoms with Crippen molar-refractivity contribution >= 4 is 29.9 Å². The van der Waals surface area contributed by atoms with E-state index in [4.69, 9.17) is 9.26 Å². The Balaban J connectivity index is 0.00000364. The van der Waals surface area contributed by atoms with Crippen molar-refractivity contribution in [3.63, 3.8) is 0 Å². The van der Waals surface area contributed by atoms with Crippen molar-refractivity contribution in [1.29, 1.82) is 0 Å². The molecule has 2 N–H and O–H groups in total. The Morgan fingerprint density at radius 3 is 2.48 bits per heavy atom. The molecule has 8 heteroatoms. The topological polar surface area (TPSA) is 74.9 Å². The van der Waals surface area contributed by atoms with E-state index >= 15 is 0 Å². The van der Waals surface area contributed by atoms with Crippen LogP contribution in [0.3, 0.4) is 0 Å². The highest BCUT2D eigenvalue weighted by atomic mass is 127. The minimum atomic E-state index is 0. The SMILES string of the molecule is CCc1noc(CC)c1CNC(=NC)NCCCN1CC(C)OC(C)C1.I. The Labute approximate surface area is 180 Å². The molecule has 2 rings (SSSR count). The first kappa shape index (κ1) is 24.2. The van der Waals surface area contributed by atoms with Crippen molar-refractivity contribution in [1.82, 2.24) is 20.7 Å². The van der Waals surface area contributed by atoms with Gasteiger partial charge in [0.05, 0.1) is 17.9 Å². The summed E-state index contributed by atoms with van der Waals surface area (Å²) in [6, 6.07) is 0. The van der Waals surface area contributed by atoms with Crippen LogP contribution in [0.1, 0.15) is 51.1 Å². The monoisotopic (exact) mass is 493 g/mol. The Morgan fingerprint density at radius 2 is 1.89 bits per heavy atom. The first-order valence-corrected chi connectivity index (χ1v) is 9.85. The molecule has 0 saturated carbocycles. The zero-order valence-corrected chi connectivity index (χ0v) is 19.7. The number of hydrogen-bond acceptors (Lipinski definition) is 5. The number of aryl methyl sites for hydroxylation is 2. The third kappa shape index (κ3) is 7.57. The van der Waals surface area contributed by atoms with Crippen LogP contribution in [0.5, 0.6) is 0 Å². The van der Waals surface area contributed by atoms with Crippen LogP contribution in [0.4, 0.5) is 0 Å². The van der Waals surface area contributed by atoms with E-state index in [0.717, 1.165) is 68.4 Å². The van der Waals surface area contributed by atoms with Gasteiger partial charge in [-0.3, -0.25) is 9.89 Å². The Morgan fingerprint density at radius 1 is 1.19 bits per heavy atom. The molecule has 156 valence electrons. The molecule has 2 unspecified atom stereocenters.